The SMILES string of the molecule is COc1cc(Br)cc(C)c1F.COc1cc(Br)ccc1F. The molecule has 0 radical (unpaired) electrons. The minimum absolute atomic E-state index is 0.259. The molecule has 0 N–H and O–H groups in total. The van der Waals surface area contributed by atoms with Crippen LogP contribution in [0.1, 0.15) is 5.56 Å². The third-order valence-corrected chi connectivity index (χ3v) is 3.47. The standard InChI is InChI=1S/C8H8BrFO.C7H6BrFO/c1-5-3-6(9)4-7(11-2)8(5)10;1-10-7-4-5(8)2-3-6(7)9/h3-4H,1-2H3;2-4H,1H3. The molecule has 6 heteroatoms. The van der Waals surface area contributed by atoms with Crippen LogP contribution in [0.2, 0.25) is 0 Å². The second kappa shape index (κ2) is 8.34. The van der Waals surface area contributed by atoms with E-state index < -0.39 is 0 Å². The van der Waals surface area contributed by atoms with Gasteiger partial charge in [-0.05, 0) is 42.8 Å². The average molecular weight is 424 g/mol. The summed E-state index contributed by atoms with van der Waals surface area (Å²) in [5.74, 6) is -0.104. The molecule has 0 bridgehead atoms. The number of benzene rings is 2. The predicted octanol–water partition coefficient (Wildman–Crippen LogP) is 5.50. The van der Waals surface area contributed by atoms with Crippen molar-refractivity contribution >= 4 is 31.9 Å². The van der Waals surface area contributed by atoms with Gasteiger partial charge in [0.1, 0.15) is 0 Å². The van der Waals surface area contributed by atoms with Crippen LogP contribution in [0.5, 0.6) is 11.5 Å². The highest BCUT2D eigenvalue weighted by atomic mass is 79.9. The maximum Gasteiger partial charge on any atom is 0.168 e. The van der Waals surface area contributed by atoms with Crippen molar-refractivity contribution in [2.75, 3.05) is 14.2 Å². The third-order valence-electron chi connectivity index (χ3n) is 2.52. The smallest absolute Gasteiger partial charge is 0.168 e. The van der Waals surface area contributed by atoms with E-state index in [-0.39, 0.29) is 23.1 Å². The maximum atomic E-state index is 13.0. The molecule has 0 heterocycles. The summed E-state index contributed by atoms with van der Waals surface area (Å²) in [5, 5.41) is 0. The topological polar surface area (TPSA) is 18.5 Å². The molecule has 0 fully saturated rings. The van der Waals surface area contributed by atoms with Crippen molar-refractivity contribution in [3.63, 3.8) is 0 Å². The molecule has 2 rings (SSSR count). The Labute approximate surface area is 139 Å². The Hall–Kier alpha value is -1.14. The summed E-state index contributed by atoms with van der Waals surface area (Å²) in [6.07, 6.45) is 0. The Morgan fingerprint density at radius 3 is 1.95 bits per heavy atom. The van der Waals surface area contributed by atoms with Gasteiger partial charge < -0.3 is 9.47 Å². The summed E-state index contributed by atoms with van der Waals surface area (Å²) in [6.45, 7) is 1.70. The van der Waals surface area contributed by atoms with Gasteiger partial charge in [-0.1, -0.05) is 31.9 Å². The summed E-state index contributed by atoms with van der Waals surface area (Å²) >= 11 is 6.43. The van der Waals surface area contributed by atoms with Crippen molar-refractivity contribution < 1.29 is 18.3 Å². The minimum Gasteiger partial charge on any atom is -0.494 e. The third kappa shape index (κ3) is 5.28. The van der Waals surface area contributed by atoms with Crippen LogP contribution < -0.4 is 9.47 Å². The van der Waals surface area contributed by atoms with Gasteiger partial charge in [-0.3, -0.25) is 0 Å². The van der Waals surface area contributed by atoms with E-state index in [2.05, 4.69) is 31.9 Å². The molecular weight excluding hydrogens is 410 g/mol. The van der Waals surface area contributed by atoms with E-state index in [0.29, 0.717) is 5.56 Å². The van der Waals surface area contributed by atoms with Crippen LogP contribution in [0.25, 0.3) is 0 Å². The Bertz CT molecular complexity index is 619. The quantitative estimate of drug-likeness (QED) is 0.634. The fourth-order valence-electron chi connectivity index (χ4n) is 1.48. The van der Waals surface area contributed by atoms with Crippen molar-refractivity contribution in [2.45, 2.75) is 6.92 Å². The lowest BCUT2D eigenvalue weighted by molar-refractivity contribution is 0.385. The number of methoxy groups -OCH3 is 2. The van der Waals surface area contributed by atoms with Crippen LogP contribution in [0.3, 0.4) is 0 Å². The molecule has 0 amide bonds. The molecule has 0 saturated carbocycles. The van der Waals surface area contributed by atoms with Crippen molar-refractivity contribution in [2.24, 2.45) is 0 Å². The van der Waals surface area contributed by atoms with Crippen LogP contribution >= 0.6 is 31.9 Å². The van der Waals surface area contributed by atoms with Crippen LogP contribution in [-0.4, -0.2) is 14.2 Å². The van der Waals surface area contributed by atoms with Crippen LogP contribution in [-0.2, 0) is 0 Å². The molecule has 0 aliphatic heterocycles. The zero-order chi connectivity index (χ0) is 16.0. The Balaban J connectivity index is 0.000000211. The van der Waals surface area contributed by atoms with Crippen LogP contribution in [0.15, 0.2) is 39.3 Å². The zero-order valence-corrected chi connectivity index (χ0v) is 14.9. The molecule has 0 aromatic heterocycles. The van der Waals surface area contributed by atoms with E-state index in [4.69, 9.17) is 9.47 Å². The van der Waals surface area contributed by atoms with Crippen molar-refractivity contribution in [1.82, 2.24) is 0 Å². The lowest BCUT2D eigenvalue weighted by Crippen LogP contribution is -1.90. The van der Waals surface area contributed by atoms with Gasteiger partial charge in [0.25, 0.3) is 0 Å². The van der Waals surface area contributed by atoms with Crippen LogP contribution in [0.4, 0.5) is 8.78 Å². The number of hydrogen-bond donors (Lipinski definition) is 0. The van der Waals surface area contributed by atoms with Crippen LogP contribution in [0, 0.1) is 18.6 Å². The molecule has 0 saturated heterocycles. The summed E-state index contributed by atoms with van der Waals surface area (Å²) in [4.78, 5) is 0. The number of ether oxygens (including phenoxy) is 2. The lowest BCUT2D eigenvalue weighted by Gasteiger charge is -2.04. The number of rotatable bonds is 2. The zero-order valence-electron chi connectivity index (χ0n) is 11.7. The molecule has 21 heavy (non-hydrogen) atoms. The molecule has 2 nitrogen and oxygen atoms in total. The molecule has 2 aromatic carbocycles. The summed E-state index contributed by atoms with van der Waals surface area (Å²) in [7, 11) is 2.88. The van der Waals surface area contributed by atoms with E-state index in [1.165, 1.54) is 20.3 Å². The molecule has 0 spiro atoms. The van der Waals surface area contributed by atoms with Crippen molar-refractivity contribution in [3.05, 3.63) is 56.5 Å². The molecule has 0 atom stereocenters. The molecular formula is C15H14Br2F2O2. The summed E-state index contributed by atoms with van der Waals surface area (Å²) in [5.41, 5.74) is 0.580. The molecule has 0 aliphatic rings. The molecule has 114 valence electrons. The fourth-order valence-corrected chi connectivity index (χ4v) is 2.37. The van der Waals surface area contributed by atoms with E-state index in [0.717, 1.165) is 8.95 Å². The second-order valence-corrected chi connectivity index (χ2v) is 5.85. The van der Waals surface area contributed by atoms with Gasteiger partial charge in [-0.2, -0.15) is 0 Å². The number of aryl methyl sites for hydroxylation is 1. The average Bonchev–Trinajstić information content (AvgIpc) is 2.46. The summed E-state index contributed by atoms with van der Waals surface area (Å²) < 4.78 is 36.8. The predicted molar refractivity (Wildman–Crippen MR) is 86.0 cm³/mol. The van der Waals surface area contributed by atoms with Crippen molar-refractivity contribution in [1.29, 1.82) is 0 Å². The van der Waals surface area contributed by atoms with Gasteiger partial charge in [0.05, 0.1) is 14.2 Å². The first-order valence-electron chi connectivity index (χ1n) is 5.87. The Morgan fingerprint density at radius 2 is 1.43 bits per heavy atom. The number of halogens is 4. The monoisotopic (exact) mass is 422 g/mol. The van der Waals surface area contributed by atoms with Gasteiger partial charge in [0, 0.05) is 8.95 Å². The first-order valence-corrected chi connectivity index (χ1v) is 7.46. The van der Waals surface area contributed by atoms with E-state index >= 15 is 0 Å². The highest BCUT2D eigenvalue weighted by molar-refractivity contribution is 9.10. The largest absolute Gasteiger partial charge is 0.494 e. The van der Waals surface area contributed by atoms with E-state index in [9.17, 15) is 8.78 Å². The number of hydrogen-bond acceptors (Lipinski definition) is 2. The van der Waals surface area contributed by atoms with E-state index in [1.54, 1.807) is 31.2 Å². The van der Waals surface area contributed by atoms with Gasteiger partial charge >= 0.3 is 0 Å². The molecule has 0 aliphatic carbocycles. The highest BCUT2D eigenvalue weighted by Crippen LogP contribution is 2.25. The molecule has 2 aromatic rings. The first kappa shape index (κ1) is 17.9. The van der Waals surface area contributed by atoms with Gasteiger partial charge in [0.2, 0.25) is 0 Å². The van der Waals surface area contributed by atoms with Gasteiger partial charge in [-0.15, -0.1) is 0 Å². The first-order chi connectivity index (χ1) is 9.88. The summed E-state index contributed by atoms with van der Waals surface area (Å²) in [6, 6.07) is 7.86. The normalized spacial score (nSPS) is 9.67. The minimum atomic E-state index is -0.342. The maximum absolute atomic E-state index is 13.0. The van der Waals surface area contributed by atoms with E-state index in [1.807, 2.05) is 0 Å². The second-order valence-electron chi connectivity index (χ2n) is 4.02. The Kier molecular flexibility index (Phi) is 7.11. The fraction of sp³-hybridized carbons (Fsp3) is 0.200. The highest BCUT2D eigenvalue weighted by Gasteiger charge is 2.05. The van der Waals surface area contributed by atoms with Gasteiger partial charge in [0.15, 0.2) is 23.1 Å². The molecule has 0 unspecified atom stereocenters. The Morgan fingerprint density at radius 1 is 0.857 bits per heavy atom. The van der Waals surface area contributed by atoms with Crippen molar-refractivity contribution in [3.8, 4) is 11.5 Å². The van der Waals surface area contributed by atoms with Gasteiger partial charge in [-0.25, -0.2) is 8.78 Å². The lowest BCUT2D eigenvalue weighted by atomic mass is 10.2.